The Morgan fingerprint density at radius 1 is 1.29 bits per heavy atom. The van der Waals surface area contributed by atoms with Crippen molar-refractivity contribution in [3.8, 4) is 5.69 Å². The molecule has 0 radical (unpaired) electrons. The Bertz CT molecular complexity index is 596. The van der Waals surface area contributed by atoms with Crippen LogP contribution in [0.3, 0.4) is 0 Å². The molecule has 0 saturated heterocycles. The van der Waals surface area contributed by atoms with Crippen molar-refractivity contribution in [3.63, 3.8) is 0 Å². The van der Waals surface area contributed by atoms with Crippen LogP contribution in [-0.4, -0.2) is 15.1 Å². The van der Waals surface area contributed by atoms with Crippen molar-refractivity contribution >= 4 is 0 Å². The van der Waals surface area contributed by atoms with E-state index in [1.54, 1.807) is 12.3 Å². The number of aromatic nitrogens is 2. The number of aryl methyl sites for hydroxylation is 1. The van der Waals surface area contributed by atoms with Crippen molar-refractivity contribution in [3.05, 3.63) is 47.8 Å². The second-order valence-electron chi connectivity index (χ2n) is 6.34. The van der Waals surface area contributed by atoms with Gasteiger partial charge < -0.3 is 9.88 Å². The third kappa shape index (κ3) is 4.14. The van der Waals surface area contributed by atoms with E-state index >= 15 is 0 Å². The molecule has 0 unspecified atom stereocenters. The fourth-order valence-electron chi connectivity index (χ4n) is 2.25. The van der Waals surface area contributed by atoms with Crippen LogP contribution in [0.25, 0.3) is 5.69 Å². The molecule has 0 fully saturated rings. The molecule has 0 saturated carbocycles. The number of imidazole rings is 1. The summed E-state index contributed by atoms with van der Waals surface area (Å²) in [5, 5.41) is 3.42. The van der Waals surface area contributed by atoms with Crippen molar-refractivity contribution < 1.29 is 4.39 Å². The van der Waals surface area contributed by atoms with Crippen molar-refractivity contribution in [1.82, 2.24) is 14.9 Å². The summed E-state index contributed by atoms with van der Waals surface area (Å²) in [6.07, 6.45) is 5.69. The molecule has 1 heterocycles. The molecule has 114 valence electrons. The highest BCUT2D eigenvalue weighted by atomic mass is 19.1. The Balaban J connectivity index is 2.36. The van der Waals surface area contributed by atoms with Gasteiger partial charge in [-0.1, -0.05) is 6.92 Å². The monoisotopic (exact) mass is 289 g/mol. The first-order chi connectivity index (χ1) is 9.90. The first kappa shape index (κ1) is 15.7. The zero-order valence-corrected chi connectivity index (χ0v) is 13.3. The van der Waals surface area contributed by atoms with Gasteiger partial charge in [0.1, 0.15) is 11.6 Å². The van der Waals surface area contributed by atoms with E-state index in [4.69, 9.17) is 0 Å². The van der Waals surface area contributed by atoms with E-state index in [-0.39, 0.29) is 11.4 Å². The number of rotatable bonds is 5. The minimum Gasteiger partial charge on any atom is -0.308 e. The maximum absolute atomic E-state index is 13.6. The van der Waals surface area contributed by atoms with Gasteiger partial charge in [0.15, 0.2) is 0 Å². The molecule has 2 aromatic rings. The van der Waals surface area contributed by atoms with E-state index in [2.05, 4.69) is 42.6 Å². The highest BCUT2D eigenvalue weighted by molar-refractivity contribution is 5.42. The molecule has 0 aliphatic heterocycles. The quantitative estimate of drug-likeness (QED) is 0.906. The standard InChI is InChI=1S/C17H24FN3/c1-5-6-16-19-9-10-21(16)15-8-7-14(18)11-13(15)12-20-17(2,3)4/h7-11,20H,5-6,12H2,1-4H3. The second kappa shape index (κ2) is 6.39. The zero-order chi connectivity index (χ0) is 15.5. The smallest absolute Gasteiger partial charge is 0.123 e. The number of benzene rings is 1. The van der Waals surface area contributed by atoms with Crippen LogP contribution in [-0.2, 0) is 13.0 Å². The second-order valence-corrected chi connectivity index (χ2v) is 6.34. The maximum Gasteiger partial charge on any atom is 0.123 e. The molecule has 2 rings (SSSR count). The van der Waals surface area contributed by atoms with Crippen LogP contribution in [0.4, 0.5) is 4.39 Å². The molecule has 3 nitrogen and oxygen atoms in total. The zero-order valence-electron chi connectivity index (χ0n) is 13.3. The lowest BCUT2D eigenvalue weighted by molar-refractivity contribution is 0.423. The summed E-state index contributed by atoms with van der Waals surface area (Å²) in [5.74, 6) is 0.808. The van der Waals surface area contributed by atoms with E-state index in [1.807, 2.05) is 12.3 Å². The first-order valence-electron chi connectivity index (χ1n) is 7.47. The molecule has 4 heteroatoms. The number of hydrogen-bond donors (Lipinski definition) is 1. The molecule has 0 bridgehead atoms. The summed E-state index contributed by atoms with van der Waals surface area (Å²) in [4.78, 5) is 4.40. The molecule has 1 aromatic carbocycles. The minimum atomic E-state index is -0.207. The molecule has 0 amide bonds. The lowest BCUT2D eigenvalue weighted by Crippen LogP contribution is -2.35. The molecule has 1 N–H and O–H groups in total. The molecule has 21 heavy (non-hydrogen) atoms. The molecule has 0 spiro atoms. The number of nitrogens with zero attached hydrogens (tertiary/aromatic N) is 2. The van der Waals surface area contributed by atoms with Crippen LogP contribution < -0.4 is 5.32 Å². The Labute approximate surface area is 126 Å². The van der Waals surface area contributed by atoms with Crippen LogP contribution in [0, 0.1) is 5.82 Å². The topological polar surface area (TPSA) is 29.9 Å². The van der Waals surface area contributed by atoms with Gasteiger partial charge in [-0.15, -0.1) is 0 Å². The molecular weight excluding hydrogens is 265 g/mol. The average molecular weight is 289 g/mol. The predicted octanol–water partition coefficient (Wildman–Crippen LogP) is 3.85. The SMILES string of the molecule is CCCc1nccn1-c1ccc(F)cc1CNC(C)(C)C. The lowest BCUT2D eigenvalue weighted by atomic mass is 10.1. The highest BCUT2D eigenvalue weighted by Gasteiger charge is 2.13. The molecule has 0 atom stereocenters. The fourth-order valence-corrected chi connectivity index (χ4v) is 2.25. The van der Waals surface area contributed by atoms with Gasteiger partial charge in [-0.25, -0.2) is 9.37 Å². The van der Waals surface area contributed by atoms with Gasteiger partial charge in [0.05, 0.1) is 5.69 Å². The Morgan fingerprint density at radius 3 is 2.71 bits per heavy atom. The highest BCUT2D eigenvalue weighted by Crippen LogP contribution is 2.19. The Morgan fingerprint density at radius 2 is 2.05 bits per heavy atom. The van der Waals surface area contributed by atoms with E-state index in [9.17, 15) is 4.39 Å². The number of hydrogen-bond acceptors (Lipinski definition) is 2. The van der Waals surface area contributed by atoms with E-state index in [0.29, 0.717) is 6.54 Å². The van der Waals surface area contributed by atoms with Gasteiger partial charge in [-0.3, -0.25) is 0 Å². The van der Waals surface area contributed by atoms with Crippen LogP contribution >= 0.6 is 0 Å². The molecule has 0 aliphatic rings. The normalized spacial score (nSPS) is 11.9. The van der Waals surface area contributed by atoms with E-state index in [1.165, 1.54) is 6.07 Å². The number of nitrogens with one attached hydrogen (secondary N) is 1. The molecule has 1 aromatic heterocycles. The van der Waals surface area contributed by atoms with E-state index in [0.717, 1.165) is 29.9 Å². The van der Waals surface area contributed by atoms with Crippen LogP contribution in [0.5, 0.6) is 0 Å². The van der Waals surface area contributed by atoms with Gasteiger partial charge in [-0.05, 0) is 51.0 Å². The largest absolute Gasteiger partial charge is 0.308 e. The van der Waals surface area contributed by atoms with Gasteiger partial charge in [0.25, 0.3) is 0 Å². The first-order valence-corrected chi connectivity index (χ1v) is 7.47. The summed E-state index contributed by atoms with van der Waals surface area (Å²) in [6.45, 7) is 9.06. The fraction of sp³-hybridized carbons (Fsp3) is 0.471. The summed E-state index contributed by atoms with van der Waals surface area (Å²) in [5.41, 5.74) is 1.93. The van der Waals surface area contributed by atoms with Gasteiger partial charge >= 0.3 is 0 Å². The summed E-state index contributed by atoms with van der Waals surface area (Å²) in [7, 11) is 0. The molecule has 0 aliphatic carbocycles. The Kier molecular flexibility index (Phi) is 4.78. The third-order valence-corrected chi connectivity index (χ3v) is 3.30. The van der Waals surface area contributed by atoms with Gasteiger partial charge in [0, 0.05) is 30.9 Å². The minimum absolute atomic E-state index is 0.00915. The van der Waals surface area contributed by atoms with Crippen molar-refractivity contribution in [2.45, 2.75) is 52.6 Å². The van der Waals surface area contributed by atoms with Crippen LogP contribution in [0.2, 0.25) is 0 Å². The summed E-state index contributed by atoms with van der Waals surface area (Å²) in [6, 6.07) is 4.94. The summed E-state index contributed by atoms with van der Waals surface area (Å²) >= 11 is 0. The van der Waals surface area contributed by atoms with Gasteiger partial charge in [-0.2, -0.15) is 0 Å². The van der Waals surface area contributed by atoms with Crippen molar-refractivity contribution in [1.29, 1.82) is 0 Å². The van der Waals surface area contributed by atoms with Gasteiger partial charge in [0.2, 0.25) is 0 Å². The lowest BCUT2D eigenvalue weighted by Gasteiger charge is -2.22. The van der Waals surface area contributed by atoms with Crippen LogP contribution in [0.15, 0.2) is 30.6 Å². The average Bonchev–Trinajstić information content (AvgIpc) is 2.84. The Hall–Kier alpha value is -1.68. The maximum atomic E-state index is 13.6. The van der Waals surface area contributed by atoms with Crippen LogP contribution in [0.1, 0.15) is 45.5 Å². The molecular formula is C17H24FN3. The number of halogens is 1. The van der Waals surface area contributed by atoms with E-state index < -0.39 is 0 Å². The third-order valence-electron chi connectivity index (χ3n) is 3.30. The predicted molar refractivity (Wildman–Crippen MR) is 84.1 cm³/mol. The van der Waals surface area contributed by atoms with Crippen molar-refractivity contribution in [2.75, 3.05) is 0 Å². The summed E-state index contributed by atoms with van der Waals surface area (Å²) < 4.78 is 15.7. The van der Waals surface area contributed by atoms with Crippen molar-refractivity contribution in [2.24, 2.45) is 0 Å².